The predicted octanol–water partition coefficient (Wildman–Crippen LogP) is 2.35. The molecule has 0 saturated heterocycles. The SMILES string of the molecule is ClCC(Cl)CSc1ncc[nH]1. The Balaban J connectivity index is 2.23. The van der Waals surface area contributed by atoms with Crippen molar-refractivity contribution >= 4 is 35.0 Å². The fourth-order valence-corrected chi connectivity index (χ4v) is 1.71. The third-order valence-corrected chi connectivity index (χ3v) is 3.13. The molecule has 0 fully saturated rings. The van der Waals surface area contributed by atoms with Gasteiger partial charge in [0, 0.05) is 24.0 Å². The van der Waals surface area contributed by atoms with E-state index in [1.807, 2.05) is 0 Å². The van der Waals surface area contributed by atoms with Crippen LogP contribution in [0.2, 0.25) is 0 Å². The van der Waals surface area contributed by atoms with Crippen LogP contribution in [-0.2, 0) is 0 Å². The van der Waals surface area contributed by atoms with Crippen LogP contribution in [0.5, 0.6) is 0 Å². The lowest BCUT2D eigenvalue weighted by Gasteiger charge is -2.01. The highest BCUT2D eigenvalue weighted by molar-refractivity contribution is 7.99. The van der Waals surface area contributed by atoms with E-state index in [-0.39, 0.29) is 5.38 Å². The lowest BCUT2D eigenvalue weighted by atomic mass is 10.6. The van der Waals surface area contributed by atoms with Crippen molar-refractivity contribution in [1.29, 1.82) is 0 Å². The third-order valence-electron chi connectivity index (χ3n) is 1.04. The van der Waals surface area contributed by atoms with Crippen molar-refractivity contribution in [2.45, 2.75) is 10.5 Å². The number of hydrogen-bond acceptors (Lipinski definition) is 2. The summed E-state index contributed by atoms with van der Waals surface area (Å²) in [7, 11) is 0. The van der Waals surface area contributed by atoms with E-state index in [0.29, 0.717) is 5.88 Å². The second-order valence-corrected chi connectivity index (χ2v) is 3.89. The van der Waals surface area contributed by atoms with Gasteiger partial charge in [-0.25, -0.2) is 4.98 Å². The lowest BCUT2D eigenvalue weighted by Crippen LogP contribution is -2.03. The molecule has 0 amide bonds. The molecule has 0 aromatic carbocycles. The smallest absolute Gasteiger partial charge is 0.165 e. The number of imidazole rings is 1. The van der Waals surface area contributed by atoms with Gasteiger partial charge in [-0.3, -0.25) is 0 Å². The number of H-pyrrole nitrogens is 1. The molecule has 2 nitrogen and oxygen atoms in total. The van der Waals surface area contributed by atoms with Crippen LogP contribution >= 0.6 is 35.0 Å². The summed E-state index contributed by atoms with van der Waals surface area (Å²) in [6, 6.07) is 0. The van der Waals surface area contributed by atoms with Gasteiger partial charge >= 0.3 is 0 Å². The van der Waals surface area contributed by atoms with Crippen LogP contribution in [0, 0.1) is 0 Å². The average molecular weight is 211 g/mol. The Hall–Kier alpha value is 0.140. The van der Waals surface area contributed by atoms with Crippen molar-refractivity contribution < 1.29 is 0 Å². The van der Waals surface area contributed by atoms with Gasteiger partial charge < -0.3 is 4.98 Å². The van der Waals surface area contributed by atoms with E-state index in [1.54, 1.807) is 24.2 Å². The van der Waals surface area contributed by atoms with Crippen LogP contribution in [0.15, 0.2) is 17.6 Å². The van der Waals surface area contributed by atoms with Crippen molar-refractivity contribution in [1.82, 2.24) is 9.97 Å². The minimum absolute atomic E-state index is 0.0202. The zero-order valence-electron chi connectivity index (χ0n) is 5.76. The molecule has 0 aliphatic carbocycles. The second kappa shape index (κ2) is 4.91. The van der Waals surface area contributed by atoms with E-state index in [2.05, 4.69) is 9.97 Å². The fourth-order valence-electron chi connectivity index (χ4n) is 0.544. The van der Waals surface area contributed by atoms with Crippen molar-refractivity contribution in [2.24, 2.45) is 0 Å². The Morgan fingerprint density at radius 1 is 1.73 bits per heavy atom. The van der Waals surface area contributed by atoms with Gasteiger partial charge in [-0.05, 0) is 0 Å². The van der Waals surface area contributed by atoms with Crippen molar-refractivity contribution in [2.75, 3.05) is 11.6 Å². The van der Waals surface area contributed by atoms with Gasteiger partial charge in [-0.15, -0.1) is 23.2 Å². The number of rotatable bonds is 4. The molecule has 0 aliphatic heterocycles. The maximum Gasteiger partial charge on any atom is 0.165 e. The highest BCUT2D eigenvalue weighted by Crippen LogP contribution is 2.15. The van der Waals surface area contributed by atoms with Crippen LogP contribution < -0.4 is 0 Å². The molecule has 5 heteroatoms. The largest absolute Gasteiger partial charge is 0.340 e. The van der Waals surface area contributed by atoms with Gasteiger partial charge in [0.15, 0.2) is 5.16 Å². The number of alkyl halides is 2. The van der Waals surface area contributed by atoms with Gasteiger partial charge in [-0.1, -0.05) is 11.8 Å². The van der Waals surface area contributed by atoms with E-state index >= 15 is 0 Å². The van der Waals surface area contributed by atoms with Crippen molar-refractivity contribution in [3.63, 3.8) is 0 Å². The molecule has 0 aliphatic rings. The molecule has 1 N–H and O–H groups in total. The summed E-state index contributed by atoms with van der Waals surface area (Å²) in [4.78, 5) is 6.99. The number of nitrogens with one attached hydrogen (secondary N) is 1. The van der Waals surface area contributed by atoms with Crippen LogP contribution in [0.1, 0.15) is 0 Å². The molecule has 1 aromatic heterocycles. The number of thioether (sulfide) groups is 1. The molecule has 11 heavy (non-hydrogen) atoms. The Kier molecular flexibility index (Phi) is 4.12. The van der Waals surface area contributed by atoms with Gasteiger partial charge in [0.05, 0.1) is 5.38 Å². The van der Waals surface area contributed by atoms with Gasteiger partial charge in [-0.2, -0.15) is 0 Å². The molecular formula is C6H8Cl2N2S. The summed E-state index contributed by atoms with van der Waals surface area (Å²) in [5.74, 6) is 1.27. The maximum absolute atomic E-state index is 5.79. The molecule has 1 heterocycles. The number of aromatic nitrogens is 2. The van der Waals surface area contributed by atoms with Crippen LogP contribution in [0.25, 0.3) is 0 Å². The maximum atomic E-state index is 5.79. The first kappa shape index (κ1) is 9.23. The quantitative estimate of drug-likeness (QED) is 0.611. The van der Waals surface area contributed by atoms with Gasteiger partial charge in [0.1, 0.15) is 0 Å². The normalized spacial score (nSPS) is 13.3. The second-order valence-electron chi connectivity index (χ2n) is 1.96. The summed E-state index contributed by atoms with van der Waals surface area (Å²) >= 11 is 12.9. The fraction of sp³-hybridized carbons (Fsp3) is 0.500. The van der Waals surface area contributed by atoms with Crippen LogP contribution in [-0.4, -0.2) is 27.0 Å². The van der Waals surface area contributed by atoms with Crippen molar-refractivity contribution in [3.05, 3.63) is 12.4 Å². The first-order valence-electron chi connectivity index (χ1n) is 3.15. The van der Waals surface area contributed by atoms with Gasteiger partial charge in [0.25, 0.3) is 0 Å². The molecule has 0 bridgehead atoms. The number of halogens is 2. The van der Waals surface area contributed by atoms with Crippen LogP contribution in [0.3, 0.4) is 0 Å². The molecule has 62 valence electrons. The number of hydrogen-bond donors (Lipinski definition) is 1. The summed E-state index contributed by atoms with van der Waals surface area (Å²) in [6.07, 6.45) is 3.50. The number of nitrogens with zero attached hydrogens (tertiary/aromatic N) is 1. The van der Waals surface area contributed by atoms with E-state index in [1.165, 1.54) is 0 Å². The summed E-state index contributed by atoms with van der Waals surface area (Å²) in [5, 5.41) is 0.910. The van der Waals surface area contributed by atoms with E-state index < -0.39 is 0 Å². The monoisotopic (exact) mass is 210 g/mol. The highest BCUT2D eigenvalue weighted by Gasteiger charge is 2.03. The number of aromatic amines is 1. The molecule has 0 spiro atoms. The minimum atomic E-state index is 0.0202. The molecular weight excluding hydrogens is 203 g/mol. The van der Waals surface area contributed by atoms with Crippen LogP contribution in [0.4, 0.5) is 0 Å². The molecule has 1 aromatic rings. The average Bonchev–Trinajstić information content (AvgIpc) is 2.52. The Morgan fingerprint density at radius 3 is 3.09 bits per heavy atom. The van der Waals surface area contributed by atoms with E-state index in [0.717, 1.165) is 10.9 Å². The third kappa shape index (κ3) is 3.36. The first-order chi connectivity index (χ1) is 5.33. The zero-order chi connectivity index (χ0) is 8.10. The summed E-state index contributed by atoms with van der Waals surface area (Å²) in [5.41, 5.74) is 0. The molecule has 1 unspecified atom stereocenters. The van der Waals surface area contributed by atoms with E-state index in [9.17, 15) is 0 Å². The molecule has 0 radical (unpaired) electrons. The molecule has 1 rings (SSSR count). The zero-order valence-corrected chi connectivity index (χ0v) is 8.09. The Labute approximate surface area is 79.7 Å². The Bertz CT molecular complexity index is 190. The molecule has 0 saturated carbocycles. The standard InChI is InChI=1S/C6H8Cl2N2S/c7-3-5(8)4-11-6-9-1-2-10-6/h1-2,5H,3-4H2,(H,9,10). The minimum Gasteiger partial charge on any atom is -0.340 e. The molecule has 1 atom stereocenters. The van der Waals surface area contributed by atoms with Crippen molar-refractivity contribution in [3.8, 4) is 0 Å². The van der Waals surface area contributed by atoms with Gasteiger partial charge in [0.2, 0.25) is 0 Å². The summed E-state index contributed by atoms with van der Waals surface area (Å²) in [6.45, 7) is 0. The first-order valence-corrected chi connectivity index (χ1v) is 5.11. The Morgan fingerprint density at radius 2 is 2.55 bits per heavy atom. The highest BCUT2D eigenvalue weighted by atomic mass is 35.5. The lowest BCUT2D eigenvalue weighted by molar-refractivity contribution is 1.04. The predicted molar refractivity (Wildman–Crippen MR) is 49.7 cm³/mol. The summed E-state index contributed by atoms with van der Waals surface area (Å²) < 4.78 is 0. The van der Waals surface area contributed by atoms with E-state index in [4.69, 9.17) is 23.2 Å². The topological polar surface area (TPSA) is 28.7 Å².